The van der Waals surface area contributed by atoms with Crippen LogP contribution in [0.3, 0.4) is 0 Å². The van der Waals surface area contributed by atoms with Gasteiger partial charge in [-0.25, -0.2) is 0 Å². The Morgan fingerprint density at radius 2 is 1.94 bits per heavy atom. The van der Waals surface area contributed by atoms with Crippen LogP contribution in [0, 0.1) is 10.1 Å². The molecule has 0 radical (unpaired) electrons. The summed E-state index contributed by atoms with van der Waals surface area (Å²) in [5, 5.41) is 10.5. The lowest BCUT2D eigenvalue weighted by Gasteiger charge is -2.18. The van der Waals surface area contributed by atoms with Gasteiger partial charge < -0.3 is 4.74 Å². The summed E-state index contributed by atoms with van der Waals surface area (Å²) >= 11 is 0. The highest BCUT2D eigenvalue weighted by molar-refractivity contribution is 6.82. The highest BCUT2D eigenvalue weighted by Crippen LogP contribution is 2.18. The molecule has 1 aromatic carbocycles. The second-order valence-electron chi connectivity index (χ2n) is 4.84. The monoisotopic (exact) mass is 265 g/mol. The van der Waals surface area contributed by atoms with Crippen molar-refractivity contribution in [3.05, 3.63) is 46.2 Å². The number of hydrogen-bond acceptors (Lipinski definition) is 3. The Bertz CT molecular complexity index is 426. The van der Waals surface area contributed by atoms with Crippen molar-refractivity contribution in [3.63, 3.8) is 0 Å². The number of nitro benzene ring substituents is 1. The molecule has 0 aliphatic carbocycles. The van der Waals surface area contributed by atoms with Gasteiger partial charge in [-0.05, 0) is 18.6 Å². The summed E-state index contributed by atoms with van der Waals surface area (Å²) in [6.07, 6.45) is 3.89. The molecule has 0 aliphatic rings. The molecule has 0 heterocycles. The van der Waals surface area contributed by atoms with Crippen LogP contribution in [0.4, 0.5) is 5.69 Å². The third kappa shape index (κ3) is 4.71. The van der Waals surface area contributed by atoms with Gasteiger partial charge in [-0.1, -0.05) is 31.8 Å². The van der Waals surface area contributed by atoms with Gasteiger partial charge in [0.05, 0.1) is 11.2 Å². The fourth-order valence-corrected chi connectivity index (χ4v) is 2.93. The Labute approximate surface area is 108 Å². The Balaban J connectivity index is 2.58. The highest BCUT2D eigenvalue weighted by Gasteiger charge is 2.18. The van der Waals surface area contributed by atoms with Crippen molar-refractivity contribution in [2.24, 2.45) is 0 Å². The summed E-state index contributed by atoms with van der Waals surface area (Å²) in [6.45, 7) is 6.56. The van der Waals surface area contributed by atoms with Gasteiger partial charge >= 0.3 is 0 Å². The number of nitro groups is 1. The molecule has 1 aromatic rings. The number of allylic oxidation sites excluding steroid dienone is 1. The molecule has 0 amide bonds. The SMILES string of the molecule is CCC=C[Si](C)(C)COc1ccc([N+](=O)[O-])cc1. The van der Waals surface area contributed by atoms with E-state index in [1.165, 1.54) is 12.1 Å². The minimum Gasteiger partial charge on any atom is -0.497 e. The van der Waals surface area contributed by atoms with Crippen molar-refractivity contribution in [1.82, 2.24) is 0 Å². The van der Waals surface area contributed by atoms with Crippen LogP contribution in [0.5, 0.6) is 5.75 Å². The summed E-state index contributed by atoms with van der Waals surface area (Å²) in [6, 6.07) is 6.22. The second kappa shape index (κ2) is 6.35. The van der Waals surface area contributed by atoms with Crippen LogP contribution in [0.2, 0.25) is 13.1 Å². The highest BCUT2D eigenvalue weighted by atomic mass is 28.3. The van der Waals surface area contributed by atoms with Crippen LogP contribution in [0.1, 0.15) is 13.3 Å². The van der Waals surface area contributed by atoms with Crippen molar-refractivity contribution in [3.8, 4) is 5.75 Å². The van der Waals surface area contributed by atoms with E-state index in [2.05, 4.69) is 31.8 Å². The maximum Gasteiger partial charge on any atom is 0.269 e. The molecule has 0 aliphatic heterocycles. The number of nitrogens with zero attached hydrogens (tertiary/aromatic N) is 1. The molecule has 0 fully saturated rings. The zero-order valence-corrected chi connectivity index (χ0v) is 12.1. The average Bonchev–Trinajstić information content (AvgIpc) is 2.35. The van der Waals surface area contributed by atoms with Crippen molar-refractivity contribution in [2.45, 2.75) is 26.4 Å². The fourth-order valence-electron chi connectivity index (χ4n) is 1.42. The predicted octanol–water partition coefficient (Wildman–Crippen LogP) is 3.73. The van der Waals surface area contributed by atoms with Gasteiger partial charge in [0.15, 0.2) is 0 Å². The molecular weight excluding hydrogens is 246 g/mol. The zero-order chi connectivity index (χ0) is 13.6. The van der Waals surface area contributed by atoms with Crippen LogP contribution >= 0.6 is 0 Å². The quantitative estimate of drug-likeness (QED) is 0.447. The second-order valence-corrected chi connectivity index (χ2v) is 9.44. The first-order valence-electron chi connectivity index (χ1n) is 5.99. The summed E-state index contributed by atoms with van der Waals surface area (Å²) < 4.78 is 5.69. The minimum atomic E-state index is -1.48. The zero-order valence-electron chi connectivity index (χ0n) is 11.1. The van der Waals surface area contributed by atoms with E-state index in [-0.39, 0.29) is 5.69 Å². The Hall–Kier alpha value is -1.62. The van der Waals surface area contributed by atoms with Crippen molar-refractivity contribution in [2.75, 3.05) is 6.23 Å². The molecule has 0 aromatic heterocycles. The normalized spacial score (nSPS) is 11.7. The molecule has 0 saturated carbocycles. The summed E-state index contributed by atoms with van der Waals surface area (Å²) in [7, 11) is -1.48. The molecule has 0 atom stereocenters. The van der Waals surface area contributed by atoms with Gasteiger partial charge in [-0.3, -0.25) is 10.1 Å². The standard InChI is InChI=1S/C13H19NO3Si/c1-4-5-10-18(2,3)11-17-13-8-6-12(7-9-13)14(15)16/h5-10H,4,11H2,1-3H3. The summed E-state index contributed by atoms with van der Waals surface area (Å²) in [4.78, 5) is 10.1. The minimum absolute atomic E-state index is 0.0877. The fraction of sp³-hybridized carbons (Fsp3) is 0.385. The van der Waals surface area contributed by atoms with E-state index in [9.17, 15) is 10.1 Å². The van der Waals surface area contributed by atoms with Crippen LogP contribution in [0.25, 0.3) is 0 Å². The van der Waals surface area contributed by atoms with E-state index < -0.39 is 13.0 Å². The van der Waals surface area contributed by atoms with Gasteiger partial charge in [0, 0.05) is 12.1 Å². The van der Waals surface area contributed by atoms with Crippen LogP contribution in [-0.2, 0) is 0 Å². The van der Waals surface area contributed by atoms with Crippen LogP contribution < -0.4 is 4.74 Å². The Morgan fingerprint density at radius 1 is 1.33 bits per heavy atom. The summed E-state index contributed by atoms with van der Waals surface area (Å²) in [5.74, 6) is 0.686. The first-order valence-corrected chi connectivity index (χ1v) is 9.28. The molecule has 0 bridgehead atoms. The van der Waals surface area contributed by atoms with Crippen LogP contribution in [-0.4, -0.2) is 19.2 Å². The summed E-state index contributed by atoms with van der Waals surface area (Å²) in [5.41, 5.74) is 2.35. The molecular formula is C13H19NO3Si. The molecule has 0 unspecified atom stereocenters. The van der Waals surface area contributed by atoms with E-state index in [1.807, 2.05) is 0 Å². The first-order chi connectivity index (χ1) is 8.44. The predicted molar refractivity (Wildman–Crippen MR) is 75.5 cm³/mol. The van der Waals surface area contributed by atoms with Crippen LogP contribution in [0.15, 0.2) is 36.0 Å². The number of rotatable bonds is 6. The maximum absolute atomic E-state index is 10.5. The molecule has 0 saturated heterocycles. The Morgan fingerprint density at radius 3 is 2.44 bits per heavy atom. The number of hydrogen-bond donors (Lipinski definition) is 0. The van der Waals surface area contributed by atoms with Gasteiger partial charge in [0.25, 0.3) is 5.69 Å². The molecule has 98 valence electrons. The Kier molecular flexibility index (Phi) is 5.09. The lowest BCUT2D eigenvalue weighted by atomic mass is 10.3. The van der Waals surface area contributed by atoms with Crippen molar-refractivity contribution in [1.29, 1.82) is 0 Å². The average molecular weight is 265 g/mol. The van der Waals surface area contributed by atoms with Gasteiger partial charge in [-0.2, -0.15) is 0 Å². The lowest BCUT2D eigenvalue weighted by molar-refractivity contribution is -0.384. The van der Waals surface area contributed by atoms with Crippen molar-refractivity contribution >= 4 is 13.8 Å². The molecule has 1 rings (SSSR count). The number of ether oxygens (including phenoxy) is 1. The van der Waals surface area contributed by atoms with E-state index in [4.69, 9.17) is 4.74 Å². The molecule has 5 heteroatoms. The lowest BCUT2D eigenvalue weighted by Crippen LogP contribution is -2.32. The molecule has 4 nitrogen and oxygen atoms in total. The van der Waals surface area contributed by atoms with E-state index in [1.54, 1.807) is 12.1 Å². The number of non-ortho nitro benzene ring substituents is 1. The largest absolute Gasteiger partial charge is 0.497 e. The topological polar surface area (TPSA) is 52.4 Å². The van der Waals surface area contributed by atoms with Gasteiger partial charge in [-0.15, -0.1) is 0 Å². The molecule has 0 spiro atoms. The smallest absolute Gasteiger partial charge is 0.269 e. The third-order valence-electron chi connectivity index (χ3n) is 2.46. The number of benzene rings is 1. The van der Waals surface area contributed by atoms with E-state index in [0.717, 1.165) is 6.42 Å². The maximum atomic E-state index is 10.5. The van der Waals surface area contributed by atoms with E-state index >= 15 is 0 Å². The first kappa shape index (κ1) is 14.4. The molecule has 0 N–H and O–H groups in total. The van der Waals surface area contributed by atoms with E-state index in [0.29, 0.717) is 12.0 Å². The van der Waals surface area contributed by atoms with Gasteiger partial charge in [0.1, 0.15) is 13.8 Å². The molecule has 18 heavy (non-hydrogen) atoms. The van der Waals surface area contributed by atoms with Crippen molar-refractivity contribution < 1.29 is 9.66 Å². The van der Waals surface area contributed by atoms with Gasteiger partial charge in [0.2, 0.25) is 0 Å². The third-order valence-corrected chi connectivity index (χ3v) is 4.49.